The molecule has 0 radical (unpaired) electrons. The SMILES string of the molecule is COCCN1C[C@@H](Cc2ccc3oc(-c4ccccc4)nc3c2)CC1=O. The van der Waals surface area contributed by atoms with Crippen molar-refractivity contribution in [3.05, 3.63) is 54.1 Å². The van der Waals surface area contributed by atoms with E-state index in [9.17, 15) is 4.79 Å². The van der Waals surface area contributed by atoms with Crippen molar-refractivity contribution in [2.24, 2.45) is 5.92 Å². The quantitative estimate of drug-likeness (QED) is 0.682. The number of oxazole rings is 1. The molecule has 1 aromatic heterocycles. The normalized spacial score (nSPS) is 17.3. The van der Waals surface area contributed by atoms with Crippen molar-refractivity contribution in [1.82, 2.24) is 9.88 Å². The minimum atomic E-state index is 0.223. The number of carbonyl (C=O) groups is 1. The van der Waals surface area contributed by atoms with E-state index in [1.807, 2.05) is 41.3 Å². The number of ether oxygens (including phenoxy) is 1. The fourth-order valence-corrected chi connectivity index (χ4v) is 3.55. The maximum absolute atomic E-state index is 12.1. The molecule has 0 saturated carbocycles. The summed E-state index contributed by atoms with van der Waals surface area (Å²) in [4.78, 5) is 18.6. The standard InChI is InChI=1S/C21H22N2O3/c1-25-10-9-23-14-16(13-20(23)24)11-15-7-8-19-18(12-15)22-21(26-19)17-5-3-2-4-6-17/h2-8,12,16H,9-11,13-14H2,1H3/t16-/m0/s1. The van der Waals surface area contributed by atoms with Crippen molar-refractivity contribution in [2.45, 2.75) is 12.8 Å². The highest BCUT2D eigenvalue weighted by atomic mass is 16.5. The molecule has 3 aromatic rings. The first-order valence-electron chi connectivity index (χ1n) is 8.94. The number of likely N-dealkylation sites (tertiary alicyclic amines) is 1. The van der Waals surface area contributed by atoms with E-state index in [0.29, 0.717) is 31.4 Å². The van der Waals surface area contributed by atoms with Gasteiger partial charge < -0.3 is 14.1 Å². The van der Waals surface area contributed by atoms with Gasteiger partial charge in [0.1, 0.15) is 5.52 Å². The van der Waals surface area contributed by atoms with Crippen LogP contribution in [0, 0.1) is 5.92 Å². The third kappa shape index (κ3) is 3.48. The van der Waals surface area contributed by atoms with Crippen LogP contribution in [-0.4, -0.2) is 42.6 Å². The molecule has 1 aliphatic rings. The zero-order valence-corrected chi connectivity index (χ0v) is 14.9. The molecule has 0 N–H and O–H groups in total. The van der Waals surface area contributed by atoms with Gasteiger partial charge in [0.25, 0.3) is 0 Å². The van der Waals surface area contributed by atoms with Gasteiger partial charge in [-0.1, -0.05) is 24.3 Å². The molecular formula is C21H22N2O3. The fraction of sp³-hybridized carbons (Fsp3) is 0.333. The molecule has 2 heterocycles. The average molecular weight is 350 g/mol. The molecular weight excluding hydrogens is 328 g/mol. The zero-order valence-electron chi connectivity index (χ0n) is 14.9. The molecule has 1 fully saturated rings. The van der Waals surface area contributed by atoms with Crippen molar-refractivity contribution in [3.63, 3.8) is 0 Å². The second kappa shape index (κ2) is 7.30. The van der Waals surface area contributed by atoms with Crippen LogP contribution in [-0.2, 0) is 16.0 Å². The highest BCUT2D eigenvalue weighted by Gasteiger charge is 2.29. The van der Waals surface area contributed by atoms with E-state index in [4.69, 9.17) is 9.15 Å². The number of carbonyl (C=O) groups excluding carboxylic acids is 1. The van der Waals surface area contributed by atoms with Gasteiger partial charge in [0.15, 0.2) is 5.58 Å². The Labute approximate surface area is 152 Å². The second-order valence-electron chi connectivity index (χ2n) is 6.79. The van der Waals surface area contributed by atoms with E-state index in [0.717, 1.165) is 29.6 Å². The molecule has 5 nitrogen and oxygen atoms in total. The number of aromatic nitrogens is 1. The highest BCUT2D eigenvalue weighted by Crippen LogP contribution is 2.27. The molecule has 2 aromatic carbocycles. The van der Waals surface area contributed by atoms with Crippen molar-refractivity contribution >= 4 is 17.0 Å². The van der Waals surface area contributed by atoms with Gasteiger partial charge in [0, 0.05) is 32.2 Å². The Kier molecular flexibility index (Phi) is 4.71. The smallest absolute Gasteiger partial charge is 0.227 e. The number of methoxy groups -OCH3 is 1. The van der Waals surface area contributed by atoms with Gasteiger partial charge in [0.05, 0.1) is 6.61 Å². The number of hydrogen-bond donors (Lipinski definition) is 0. The molecule has 134 valence electrons. The molecule has 1 aliphatic heterocycles. The minimum absolute atomic E-state index is 0.223. The zero-order chi connectivity index (χ0) is 17.9. The highest BCUT2D eigenvalue weighted by molar-refractivity contribution is 5.79. The summed E-state index contributed by atoms with van der Waals surface area (Å²) in [6.07, 6.45) is 1.48. The number of fused-ring (bicyclic) bond motifs is 1. The first-order chi connectivity index (χ1) is 12.7. The minimum Gasteiger partial charge on any atom is -0.436 e. The third-order valence-corrected chi connectivity index (χ3v) is 4.86. The van der Waals surface area contributed by atoms with Gasteiger partial charge in [0.2, 0.25) is 11.8 Å². The van der Waals surface area contributed by atoms with Gasteiger partial charge in [-0.3, -0.25) is 4.79 Å². The Balaban J connectivity index is 1.49. The van der Waals surface area contributed by atoms with E-state index < -0.39 is 0 Å². The summed E-state index contributed by atoms with van der Waals surface area (Å²) in [5.74, 6) is 1.21. The Hall–Kier alpha value is -2.66. The fourth-order valence-electron chi connectivity index (χ4n) is 3.55. The molecule has 1 atom stereocenters. The van der Waals surface area contributed by atoms with Crippen molar-refractivity contribution in [3.8, 4) is 11.5 Å². The van der Waals surface area contributed by atoms with Crippen LogP contribution in [0.2, 0.25) is 0 Å². The summed E-state index contributed by atoms with van der Waals surface area (Å²) >= 11 is 0. The molecule has 1 amide bonds. The van der Waals surface area contributed by atoms with Crippen LogP contribution in [0.25, 0.3) is 22.6 Å². The summed E-state index contributed by atoms with van der Waals surface area (Å²) < 4.78 is 11.0. The van der Waals surface area contributed by atoms with Gasteiger partial charge in [-0.25, -0.2) is 4.98 Å². The van der Waals surface area contributed by atoms with E-state index in [2.05, 4.69) is 17.1 Å². The number of nitrogens with zero attached hydrogens (tertiary/aromatic N) is 2. The lowest BCUT2D eigenvalue weighted by Gasteiger charge is -2.15. The van der Waals surface area contributed by atoms with E-state index >= 15 is 0 Å². The Morgan fingerprint density at radius 2 is 2.08 bits per heavy atom. The molecule has 5 heteroatoms. The predicted octanol–water partition coefficient (Wildman–Crippen LogP) is 3.53. The van der Waals surface area contributed by atoms with Crippen LogP contribution in [0.1, 0.15) is 12.0 Å². The van der Waals surface area contributed by atoms with Crippen LogP contribution >= 0.6 is 0 Å². The summed E-state index contributed by atoms with van der Waals surface area (Å²) in [7, 11) is 1.66. The van der Waals surface area contributed by atoms with Crippen molar-refractivity contribution in [2.75, 3.05) is 26.8 Å². The molecule has 0 bridgehead atoms. The third-order valence-electron chi connectivity index (χ3n) is 4.86. The summed E-state index contributed by atoms with van der Waals surface area (Å²) in [6, 6.07) is 16.0. The number of rotatable bonds is 6. The molecule has 4 rings (SSSR count). The van der Waals surface area contributed by atoms with Gasteiger partial charge in [-0.15, -0.1) is 0 Å². The largest absolute Gasteiger partial charge is 0.436 e. The Morgan fingerprint density at radius 1 is 1.23 bits per heavy atom. The first-order valence-corrected chi connectivity index (χ1v) is 8.94. The maximum Gasteiger partial charge on any atom is 0.227 e. The predicted molar refractivity (Wildman–Crippen MR) is 99.7 cm³/mol. The molecule has 1 saturated heterocycles. The van der Waals surface area contributed by atoms with Crippen LogP contribution in [0.5, 0.6) is 0 Å². The van der Waals surface area contributed by atoms with E-state index in [1.165, 1.54) is 5.56 Å². The number of benzene rings is 2. The monoisotopic (exact) mass is 350 g/mol. The lowest BCUT2D eigenvalue weighted by atomic mass is 9.98. The number of hydrogen-bond acceptors (Lipinski definition) is 4. The van der Waals surface area contributed by atoms with Gasteiger partial charge >= 0.3 is 0 Å². The maximum atomic E-state index is 12.1. The van der Waals surface area contributed by atoms with Crippen LogP contribution < -0.4 is 0 Å². The van der Waals surface area contributed by atoms with Crippen molar-refractivity contribution in [1.29, 1.82) is 0 Å². The average Bonchev–Trinajstić information content (AvgIpc) is 3.23. The molecule has 0 spiro atoms. The Morgan fingerprint density at radius 3 is 2.88 bits per heavy atom. The lowest BCUT2D eigenvalue weighted by molar-refractivity contribution is -0.128. The number of amides is 1. The molecule has 0 aliphatic carbocycles. The topological polar surface area (TPSA) is 55.6 Å². The van der Waals surface area contributed by atoms with Crippen LogP contribution in [0.3, 0.4) is 0 Å². The second-order valence-corrected chi connectivity index (χ2v) is 6.79. The lowest BCUT2D eigenvalue weighted by Crippen LogP contribution is -2.28. The molecule has 26 heavy (non-hydrogen) atoms. The van der Waals surface area contributed by atoms with Gasteiger partial charge in [-0.2, -0.15) is 0 Å². The van der Waals surface area contributed by atoms with E-state index in [1.54, 1.807) is 7.11 Å². The van der Waals surface area contributed by atoms with Gasteiger partial charge in [-0.05, 0) is 42.2 Å². The summed E-state index contributed by atoms with van der Waals surface area (Å²) in [5.41, 5.74) is 3.82. The first kappa shape index (κ1) is 16.8. The van der Waals surface area contributed by atoms with Crippen LogP contribution in [0.15, 0.2) is 52.9 Å². The summed E-state index contributed by atoms with van der Waals surface area (Å²) in [5, 5.41) is 0. The van der Waals surface area contributed by atoms with Crippen LogP contribution in [0.4, 0.5) is 0 Å². The molecule has 0 unspecified atom stereocenters. The summed E-state index contributed by atoms with van der Waals surface area (Å²) in [6.45, 7) is 2.06. The van der Waals surface area contributed by atoms with Crippen molar-refractivity contribution < 1.29 is 13.9 Å². The Bertz CT molecular complexity index is 904. The van der Waals surface area contributed by atoms with E-state index in [-0.39, 0.29) is 5.91 Å².